The van der Waals surface area contributed by atoms with Crippen LogP contribution >= 0.6 is 55.1 Å². The molecule has 0 fully saturated rings. The molecule has 6 aromatic rings. The van der Waals surface area contributed by atoms with Gasteiger partial charge < -0.3 is 20.5 Å². The molecule has 2 aliphatic rings. The fourth-order valence-corrected chi connectivity index (χ4v) is 7.35. The van der Waals surface area contributed by atoms with Crippen molar-refractivity contribution in [2.45, 2.75) is 24.9 Å². The summed E-state index contributed by atoms with van der Waals surface area (Å²) >= 11 is 19.1. The van der Waals surface area contributed by atoms with Crippen molar-refractivity contribution < 1.29 is 9.91 Å². The average molecular weight is 759 g/mol. The molecule has 10 heteroatoms. The number of hydrogen-bond acceptors (Lipinski definition) is 3. The zero-order chi connectivity index (χ0) is 29.7. The third kappa shape index (κ3) is 5.97. The highest BCUT2D eigenvalue weighted by molar-refractivity contribution is 9.10. The van der Waals surface area contributed by atoms with Gasteiger partial charge in [-0.2, -0.15) is 5.06 Å². The normalized spacial score (nSPS) is 17.8. The number of rotatable bonds is 2. The van der Waals surface area contributed by atoms with E-state index in [0.29, 0.717) is 11.6 Å². The van der Waals surface area contributed by atoms with Gasteiger partial charge in [-0.15, -0.1) is 0 Å². The molecule has 4 N–H and O–H groups in total. The van der Waals surface area contributed by atoms with E-state index < -0.39 is 0 Å². The van der Waals surface area contributed by atoms with Crippen LogP contribution in [0.4, 0.5) is 4.70 Å². The van der Waals surface area contributed by atoms with Crippen LogP contribution in [0.15, 0.2) is 93.9 Å². The van der Waals surface area contributed by atoms with E-state index in [1.807, 2.05) is 42.5 Å². The van der Waals surface area contributed by atoms with E-state index >= 15 is 0 Å². The van der Waals surface area contributed by atoms with E-state index in [0.717, 1.165) is 50.1 Å². The molecule has 0 radical (unpaired) electrons. The molecular weight excluding hydrogens is 730 g/mol. The zero-order valence-electron chi connectivity index (χ0n) is 23.4. The van der Waals surface area contributed by atoms with Gasteiger partial charge in [-0.25, -0.2) is 0 Å². The van der Waals surface area contributed by atoms with Crippen molar-refractivity contribution in [3.63, 3.8) is 0 Å². The second-order valence-corrected chi connectivity index (χ2v) is 13.7. The van der Waals surface area contributed by atoms with E-state index in [-0.39, 0.29) is 16.8 Å². The second kappa shape index (κ2) is 13.0. The summed E-state index contributed by atoms with van der Waals surface area (Å²) in [6.07, 6.45) is 1.88. The second-order valence-electron chi connectivity index (χ2n) is 11.0. The first kappa shape index (κ1) is 31.3. The van der Waals surface area contributed by atoms with E-state index in [2.05, 4.69) is 89.6 Å². The summed E-state index contributed by atoms with van der Waals surface area (Å²) in [4.78, 5) is 7.07. The number of benzene rings is 4. The number of aromatic nitrogens is 2. The molecule has 2 aliphatic heterocycles. The standard InChI is InChI=1S/C17H14BrClN2O.C17H14BrClN2.FH/c18-11-3-6-15-14(9-11)13-7-8-21(22)17(16(13)20-15)10-1-4-12(19)5-2-10;18-11-3-6-15-14(9-11)13-7-8-20-16(17(13)21-15)10-1-4-12(19)5-2-10;/h1-6,9,17,20,22H,7-8H2;1-6,9,16,20-21H,7-8H2;1H. The SMILES string of the molecule is Clc1ccc(C2NCCc3c2[nH]c2ccc(Br)cc32)cc1.F.ON1CCc2c([nH]c3ccc(Br)cc23)C1c1ccc(Cl)cc1. The first-order valence-electron chi connectivity index (χ1n) is 14.2. The lowest BCUT2D eigenvalue weighted by Crippen LogP contribution is -2.33. The third-order valence-electron chi connectivity index (χ3n) is 8.37. The number of hydrogen-bond donors (Lipinski definition) is 4. The Morgan fingerprint density at radius 3 is 1.80 bits per heavy atom. The molecule has 0 aliphatic carbocycles. The van der Waals surface area contributed by atoms with Gasteiger partial charge in [-0.1, -0.05) is 79.3 Å². The van der Waals surface area contributed by atoms with Crippen LogP contribution in [0.3, 0.4) is 0 Å². The molecule has 4 heterocycles. The molecule has 8 rings (SSSR count). The topological polar surface area (TPSA) is 67.1 Å². The number of fused-ring (bicyclic) bond motifs is 6. The van der Waals surface area contributed by atoms with Crippen LogP contribution in [0.25, 0.3) is 21.8 Å². The van der Waals surface area contributed by atoms with Crippen molar-refractivity contribution in [1.82, 2.24) is 20.3 Å². The summed E-state index contributed by atoms with van der Waals surface area (Å²) in [5, 5.41) is 19.4. The molecule has 2 unspecified atom stereocenters. The van der Waals surface area contributed by atoms with E-state index in [9.17, 15) is 5.21 Å². The van der Waals surface area contributed by atoms with Gasteiger partial charge in [0.1, 0.15) is 6.04 Å². The Morgan fingerprint density at radius 1 is 0.682 bits per heavy atom. The van der Waals surface area contributed by atoms with Gasteiger partial charge in [0.2, 0.25) is 0 Å². The summed E-state index contributed by atoms with van der Waals surface area (Å²) in [5.41, 5.74) is 9.60. The maximum absolute atomic E-state index is 10.4. The van der Waals surface area contributed by atoms with E-state index in [1.165, 1.54) is 43.7 Å². The van der Waals surface area contributed by atoms with Gasteiger partial charge in [0.15, 0.2) is 0 Å². The van der Waals surface area contributed by atoms with Crippen LogP contribution in [0, 0.1) is 0 Å². The summed E-state index contributed by atoms with van der Waals surface area (Å²) in [6, 6.07) is 28.4. The Hall–Kier alpha value is -2.69. The quantitative estimate of drug-likeness (QED) is 0.142. The molecule has 0 saturated carbocycles. The Kier molecular flexibility index (Phi) is 9.22. The molecule has 0 bridgehead atoms. The summed E-state index contributed by atoms with van der Waals surface area (Å²) in [6.45, 7) is 1.60. The molecular formula is C34H29Br2Cl2FN4O. The highest BCUT2D eigenvalue weighted by Crippen LogP contribution is 2.39. The number of H-pyrrole nitrogens is 2. The van der Waals surface area contributed by atoms with Crippen molar-refractivity contribution >= 4 is 76.9 Å². The number of nitrogens with one attached hydrogen (secondary N) is 3. The minimum absolute atomic E-state index is 0. The summed E-state index contributed by atoms with van der Waals surface area (Å²) < 4.78 is 2.19. The molecule has 5 nitrogen and oxygen atoms in total. The fourth-order valence-electron chi connectivity index (χ4n) is 6.37. The number of aromatic amines is 2. The van der Waals surface area contributed by atoms with E-state index in [1.54, 1.807) is 0 Å². The zero-order valence-corrected chi connectivity index (χ0v) is 28.1. The minimum atomic E-state index is -0.188. The molecule has 0 amide bonds. The Morgan fingerprint density at radius 2 is 1.20 bits per heavy atom. The lowest BCUT2D eigenvalue weighted by atomic mass is 9.94. The van der Waals surface area contributed by atoms with Crippen LogP contribution in [0.1, 0.15) is 45.7 Å². The predicted octanol–water partition coefficient (Wildman–Crippen LogP) is 9.89. The Labute approximate surface area is 281 Å². The van der Waals surface area contributed by atoms with Crippen LogP contribution < -0.4 is 5.32 Å². The van der Waals surface area contributed by atoms with Crippen LogP contribution in [-0.2, 0) is 12.8 Å². The third-order valence-corrected chi connectivity index (χ3v) is 9.86. The first-order valence-corrected chi connectivity index (χ1v) is 16.5. The molecule has 4 aromatic carbocycles. The smallest absolute Gasteiger partial charge is 0.100 e. The lowest BCUT2D eigenvalue weighted by molar-refractivity contribution is -0.122. The molecule has 0 saturated heterocycles. The largest absolute Gasteiger partial charge is 0.357 e. The first-order chi connectivity index (χ1) is 20.9. The maximum atomic E-state index is 10.4. The van der Waals surface area contributed by atoms with Crippen molar-refractivity contribution in [1.29, 1.82) is 0 Å². The van der Waals surface area contributed by atoms with Gasteiger partial charge in [-0.3, -0.25) is 4.70 Å². The summed E-state index contributed by atoms with van der Waals surface area (Å²) in [7, 11) is 0. The van der Waals surface area contributed by atoms with Crippen molar-refractivity contribution in [3.8, 4) is 0 Å². The monoisotopic (exact) mass is 756 g/mol. The maximum Gasteiger partial charge on any atom is 0.100 e. The molecule has 44 heavy (non-hydrogen) atoms. The summed E-state index contributed by atoms with van der Waals surface area (Å²) in [5.74, 6) is 0. The number of nitrogens with zero attached hydrogens (tertiary/aromatic N) is 1. The van der Waals surface area contributed by atoms with Gasteiger partial charge in [0.25, 0.3) is 0 Å². The van der Waals surface area contributed by atoms with Gasteiger partial charge in [-0.05, 0) is 95.8 Å². The van der Waals surface area contributed by atoms with Crippen molar-refractivity contribution in [2.75, 3.05) is 13.1 Å². The lowest BCUT2D eigenvalue weighted by Gasteiger charge is -2.31. The Balaban J connectivity index is 0.000000153. The predicted molar refractivity (Wildman–Crippen MR) is 185 cm³/mol. The number of hydroxylamine groups is 2. The van der Waals surface area contributed by atoms with Crippen LogP contribution in [-0.4, -0.2) is 33.3 Å². The molecule has 226 valence electrons. The van der Waals surface area contributed by atoms with Gasteiger partial charge in [0, 0.05) is 65.3 Å². The van der Waals surface area contributed by atoms with Gasteiger partial charge >= 0.3 is 0 Å². The minimum Gasteiger partial charge on any atom is -0.357 e. The molecule has 0 spiro atoms. The Bertz CT molecular complexity index is 1940. The molecule has 2 aromatic heterocycles. The van der Waals surface area contributed by atoms with Crippen LogP contribution in [0.2, 0.25) is 10.0 Å². The van der Waals surface area contributed by atoms with Crippen LogP contribution in [0.5, 0.6) is 0 Å². The number of halogens is 5. The van der Waals surface area contributed by atoms with Crippen molar-refractivity contribution in [3.05, 3.63) is 138 Å². The highest BCUT2D eigenvalue weighted by atomic mass is 79.9. The average Bonchev–Trinajstić information content (AvgIpc) is 3.56. The van der Waals surface area contributed by atoms with E-state index in [4.69, 9.17) is 23.2 Å². The highest BCUT2D eigenvalue weighted by Gasteiger charge is 2.31. The fraction of sp³-hybridized carbons (Fsp3) is 0.176. The van der Waals surface area contributed by atoms with Crippen molar-refractivity contribution in [2.24, 2.45) is 0 Å². The molecule has 2 atom stereocenters. The van der Waals surface area contributed by atoms with Gasteiger partial charge in [0.05, 0.1) is 6.04 Å².